The highest BCUT2D eigenvalue weighted by Crippen LogP contribution is 2.32. The van der Waals surface area contributed by atoms with Gasteiger partial charge in [0.1, 0.15) is 0 Å². The lowest BCUT2D eigenvalue weighted by molar-refractivity contribution is -0.384. The fourth-order valence-electron chi connectivity index (χ4n) is 1.01. The fraction of sp³-hybridized carbons (Fsp3) is 0.333. The van der Waals surface area contributed by atoms with Gasteiger partial charge >= 0.3 is 0 Å². The first-order chi connectivity index (χ1) is 7.54. The minimum absolute atomic E-state index is 0.00579. The van der Waals surface area contributed by atoms with Gasteiger partial charge in [-0.3, -0.25) is 14.3 Å². The zero-order chi connectivity index (χ0) is 12.1. The summed E-state index contributed by atoms with van der Waals surface area (Å²) in [6.45, 7) is 1.89. The van der Waals surface area contributed by atoms with Crippen molar-refractivity contribution in [3.05, 3.63) is 34.4 Å². The molecule has 5 nitrogen and oxygen atoms in total. The molecule has 0 spiro atoms. The largest absolute Gasteiger partial charge is 0.362 e. The van der Waals surface area contributed by atoms with Crippen molar-refractivity contribution < 1.29 is 13.7 Å². The van der Waals surface area contributed by atoms with Crippen molar-refractivity contribution in [3.8, 4) is 0 Å². The monoisotopic (exact) mass is 261 g/mol. The van der Waals surface area contributed by atoms with Gasteiger partial charge in [0.15, 0.2) is 0 Å². The number of nitrogens with zero attached hydrogens (tertiary/aromatic N) is 1. The normalized spacial score (nSPS) is 14.4. The second kappa shape index (κ2) is 6.03. The van der Waals surface area contributed by atoms with Crippen molar-refractivity contribution in [3.63, 3.8) is 0 Å². The standard InChI is InChI=1S/C9H12NO4PS/c1-14-15(2)7-16(13)9-5-3-8(4-6-9)10(11)12/h3-6H,7H2,1-2H3. The first-order valence-corrected chi connectivity index (χ1v) is 7.63. The number of non-ortho nitro benzene ring substituents is 1. The SMILES string of the molecule is COP(C)CS(=O)c1ccc([N+](=O)[O-])cc1. The lowest BCUT2D eigenvalue weighted by Gasteiger charge is -2.08. The zero-order valence-corrected chi connectivity index (χ0v) is 10.7. The van der Waals surface area contributed by atoms with Gasteiger partial charge in [0.25, 0.3) is 5.69 Å². The number of rotatable bonds is 5. The van der Waals surface area contributed by atoms with Gasteiger partial charge in [0, 0.05) is 32.3 Å². The maximum atomic E-state index is 11.8. The van der Waals surface area contributed by atoms with Crippen LogP contribution in [0.25, 0.3) is 0 Å². The van der Waals surface area contributed by atoms with Crippen LogP contribution >= 0.6 is 8.15 Å². The van der Waals surface area contributed by atoms with E-state index in [0.717, 1.165) is 0 Å². The third-order valence-electron chi connectivity index (χ3n) is 1.92. The molecule has 0 amide bonds. The van der Waals surface area contributed by atoms with Gasteiger partial charge in [-0.15, -0.1) is 0 Å². The molecule has 0 aliphatic rings. The molecule has 0 aromatic heterocycles. The highest BCUT2D eigenvalue weighted by molar-refractivity contribution is 7.92. The minimum Gasteiger partial charge on any atom is -0.362 e. The smallest absolute Gasteiger partial charge is 0.269 e. The molecule has 2 unspecified atom stereocenters. The van der Waals surface area contributed by atoms with Crippen LogP contribution in [0.1, 0.15) is 0 Å². The first-order valence-electron chi connectivity index (χ1n) is 4.42. The van der Waals surface area contributed by atoms with Gasteiger partial charge in [-0.2, -0.15) is 0 Å². The van der Waals surface area contributed by atoms with Crippen LogP contribution in [-0.2, 0) is 15.3 Å². The summed E-state index contributed by atoms with van der Waals surface area (Å²) in [7, 11) is -0.267. The van der Waals surface area contributed by atoms with Crippen molar-refractivity contribution in [2.75, 3.05) is 19.3 Å². The molecule has 1 rings (SSSR count). The number of hydrogen-bond acceptors (Lipinski definition) is 4. The number of hydrogen-bond donors (Lipinski definition) is 0. The number of nitro benzene ring substituents is 1. The Morgan fingerprint density at radius 1 is 1.44 bits per heavy atom. The highest BCUT2D eigenvalue weighted by Gasteiger charge is 2.11. The van der Waals surface area contributed by atoms with E-state index in [0.29, 0.717) is 10.4 Å². The summed E-state index contributed by atoms with van der Waals surface area (Å²) in [6.07, 6.45) is 0. The predicted molar refractivity (Wildman–Crippen MR) is 64.2 cm³/mol. The van der Waals surface area contributed by atoms with Gasteiger partial charge in [0.2, 0.25) is 0 Å². The molecule has 0 radical (unpaired) electrons. The molecule has 0 saturated carbocycles. The van der Waals surface area contributed by atoms with E-state index in [4.69, 9.17) is 4.52 Å². The van der Waals surface area contributed by atoms with E-state index in [1.165, 1.54) is 24.3 Å². The van der Waals surface area contributed by atoms with Crippen molar-refractivity contribution >= 4 is 24.6 Å². The Morgan fingerprint density at radius 3 is 2.44 bits per heavy atom. The Balaban J connectivity index is 2.74. The van der Waals surface area contributed by atoms with Crippen molar-refractivity contribution in [1.29, 1.82) is 0 Å². The van der Waals surface area contributed by atoms with Crippen LogP contribution in [-0.4, -0.2) is 28.4 Å². The first kappa shape index (κ1) is 13.2. The van der Waals surface area contributed by atoms with Gasteiger partial charge in [0.05, 0.1) is 21.2 Å². The van der Waals surface area contributed by atoms with Crippen LogP contribution in [0.5, 0.6) is 0 Å². The van der Waals surface area contributed by atoms with Crippen molar-refractivity contribution in [2.24, 2.45) is 0 Å². The second-order valence-corrected chi connectivity index (χ2v) is 6.85. The van der Waals surface area contributed by atoms with E-state index in [-0.39, 0.29) is 5.69 Å². The van der Waals surface area contributed by atoms with Crippen molar-refractivity contribution in [2.45, 2.75) is 4.90 Å². The summed E-state index contributed by atoms with van der Waals surface area (Å²) in [6, 6.07) is 5.76. The molecule has 88 valence electrons. The van der Waals surface area contributed by atoms with Crippen LogP contribution in [0.2, 0.25) is 0 Å². The van der Waals surface area contributed by atoms with Crippen LogP contribution in [0, 0.1) is 10.1 Å². The van der Waals surface area contributed by atoms with E-state index in [2.05, 4.69) is 0 Å². The van der Waals surface area contributed by atoms with E-state index >= 15 is 0 Å². The lowest BCUT2D eigenvalue weighted by Crippen LogP contribution is -1.97. The van der Waals surface area contributed by atoms with Crippen LogP contribution in [0.4, 0.5) is 5.69 Å². The van der Waals surface area contributed by atoms with E-state index < -0.39 is 23.9 Å². The Labute approximate surface area is 97.3 Å². The molecule has 0 heterocycles. The molecule has 0 saturated heterocycles. The third kappa shape index (κ3) is 3.63. The van der Waals surface area contributed by atoms with E-state index in [9.17, 15) is 14.3 Å². The molecule has 0 fully saturated rings. The second-order valence-electron chi connectivity index (χ2n) is 3.04. The molecule has 0 aliphatic heterocycles. The van der Waals surface area contributed by atoms with E-state index in [1.807, 2.05) is 6.66 Å². The molecule has 16 heavy (non-hydrogen) atoms. The number of benzene rings is 1. The Kier molecular flexibility index (Phi) is 4.99. The Hall–Kier alpha value is -0.840. The summed E-state index contributed by atoms with van der Waals surface area (Å²) >= 11 is 0. The van der Waals surface area contributed by atoms with Crippen molar-refractivity contribution in [1.82, 2.24) is 0 Å². The van der Waals surface area contributed by atoms with Crippen LogP contribution in [0.3, 0.4) is 0 Å². The Morgan fingerprint density at radius 2 is 2.00 bits per heavy atom. The third-order valence-corrected chi connectivity index (χ3v) is 5.73. The summed E-state index contributed by atoms with van der Waals surface area (Å²) in [5.74, 6) is 0. The summed E-state index contributed by atoms with van der Waals surface area (Å²) < 4.78 is 16.8. The van der Waals surface area contributed by atoms with Crippen LogP contribution < -0.4 is 0 Å². The maximum absolute atomic E-state index is 11.8. The average molecular weight is 261 g/mol. The summed E-state index contributed by atoms with van der Waals surface area (Å²) in [4.78, 5) is 10.5. The minimum atomic E-state index is -1.15. The molecule has 7 heteroatoms. The van der Waals surface area contributed by atoms with Crippen LogP contribution in [0.15, 0.2) is 29.2 Å². The number of nitro groups is 1. The molecule has 1 aromatic carbocycles. The summed E-state index contributed by atoms with van der Waals surface area (Å²) in [5.41, 5.74) is 0.454. The highest BCUT2D eigenvalue weighted by atomic mass is 32.2. The van der Waals surface area contributed by atoms with Gasteiger partial charge < -0.3 is 4.52 Å². The fourth-order valence-corrected chi connectivity index (χ4v) is 3.79. The Bertz CT molecular complexity index is 395. The molecular weight excluding hydrogens is 249 g/mol. The zero-order valence-electron chi connectivity index (χ0n) is 8.95. The van der Waals surface area contributed by atoms with E-state index in [1.54, 1.807) is 7.11 Å². The molecular formula is C9H12NO4PS. The maximum Gasteiger partial charge on any atom is 0.269 e. The topological polar surface area (TPSA) is 69.4 Å². The molecule has 2 atom stereocenters. The predicted octanol–water partition coefficient (Wildman–Crippen LogP) is 2.33. The summed E-state index contributed by atoms with van der Waals surface area (Å²) in [5, 5.41) is 10.4. The average Bonchev–Trinajstić information content (AvgIpc) is 2.28. The molecule has 1 aromatic rings. The molecule has 0 bridgehead atoms. The lowest BCUT2D eigenvalue weighted by atomic mass is 10.3. The van der Waals surface area contributed by atoms with Gasteiger partial charge in [-0.05, 0) is 18.8 Å². The quantitative estimate of drug-likeness (QED) is 0.463. The molecule has 0 aliphatic carbocycles. The van der Waals surface area contributed by atoms with Gasteiger partial charge in [-0.25, -0.2) is 0 Å². The molecule has 0 N–H and O–H groups in total. The van der Waals surface area contributed by atoms with Gasteiger partial charge in [-0.1, -0.05) is 0 Å².